The van der Waals surface area contributed by atoms with Gasteiger partial charge in [-0.15, -0.1) is 11.3 Å². The van der Waals surface area contributed by atoms with Gasteiger partial charge in [-0.25, -0.2) is 9.18 Å². The summed E-state index contributed by atoms with van der Waals surface area (Å²) in [6.45, 7) is 4.11. The Morgan fingerprint density at radius 2 is 2.10 bits per heavy atom. The van der Waals surface area contributed by atoms with Crippen LogP contribution in [-0.4, -0.2) is 11.1 Å². The summed E-state index contributed by atoms with van der Waals surface area (Å²) in [6.07, 6.45) is 0. The molecule has 0 spiro atoms. The van der Waals surface area contributed by atoms with Gasteiger partial charge in [-0.1, -0.05) is 19.9 Å². The predicted molar refractivity (Wildman–Crippen MR) is 78.9 cm³/mol. The molecule has 2 aromatic rings. The summed E-state index contributed by atoms with van der Waals surface area (Å²) in [5.74, 6) is -1.39. The molecular formula is C15H16FNO2S. The van der Waals surface area contributed by atoms with Crippen molar-refractivity contribution in [1.82, 2.24) is 0 Å². The monoisotopic (exact) mass is 293 g/mol. The van der Waals surface area contributed by atoms with Crippen LogP contribution in [0.2, 0.25) is 0 Å². The maximum absolute atomic E-state index is 14.0. The predicted octanol–water partition coefficient (Wildman–Crippen LogP) is 4.39. The zero-order valence-corrected chi connectivity index (χ0v) is 12.1. The molecule has 0 aliphatic rings. The van der Waals surface area contributed by atoms with E-state index in [1.165, 1.54) is 12.1 Å². The molecule has 20 heavy (non-hydrogen) atoms. The zero-order chi connectivity index (χ0) is 14.7. The topological polar surface area (TPSA) is 49.3 Å². The first-order valence-electron chi connectivity index (χ1n) is 6.32. The molecule has 1 aromatic heterocycles. The number of halogens is 1. The molecular weight excluding hydrogens is 277 g/mol. The number of carboxylic acid groups (broad SMARTS) is 1. The Morgan fingerprint density at radius 1 is 1.35 bits per heavy atom. The molecule has 0 radical (unpaired) electrons. The van der Waals surface area contributed by atoms with Crippen molar-refractivity contribution in [2.45, 2.75) is 19.9 Å². The van der Waals surface area contributed by atoms with Gasteiger partial charge in [0.25, 0.3) is 0 Å². The number of thiophene rings is 1. The lowest BCUT2D eigenvalue weighted by Crippen LogP contribution is -2.16. The summed E-state index contributed by atoms with van der Waals surface area (Å²) in [7, 11) is 0. The first kappa shape index (κ1) is 14.5. The van der Waals surface area contributed by atoms with Crippen molar-refractivity contribution < 1.29 is 14.3 Å². The fourth-order valence-electron chi connectivity index (χ4n) is 1.97. The van der Waals surface area contributed by atoms with Gasteiger partial charge in [0.1, 0.15) is 5.82 Å². The van der Waals surface area contributed by atoms with E-state index >= 15 is 0 Å². The molecule has 0 bridgehead atoms. The van der Waals surface area contributed by atoms with Crippen molar-refractivity contribution in [3.05, 3.63) is 52.0 Å². The van der Waals surface area contributed by atoms with Gasteiger partial charge < -0.3 is 10.4 Å². The molecule has 5 heteroatoms. The molecule has 0 saturated carbocycles. The quantitative estimate of drug-likeness (QED) is 0.859. The van der Waals surface area contributed by atoms with Crippen LogP contribution in [0.4, 0.5) is 10.1 Å². The highest BCUT2D eigenvalue weighted by molar-refractivity contribution is 7.10. The molecule has 3 nitrogen and oxygen atoms in total. The van der Waals surface area contributed by atoms with Crippen LogP contribution in [0.15, 0.2) is 35.7 Å². The number of hydrogen-bond acceptors (Lipinski definition) is 3. The summed E-state index contributed by atoms with van der Waals surface area (Å²) in [5, 5.41) is 14.0. The highest BCUT2D eigenvalue weighted by atomic mass is 32.1. The number of benzene rings is 1. The van der Waals surface area contributed by atoms with Crippen molar-refractivity contribution in [1.29, 1.82) is 0 Å². The van der Waals surface area contributed by atoms with Crippen molar-refractivity contribution in [3.63, 3.8) is 0 Å². The molecule has 2 rings (SSSR count). The maximum Gasteiger partial charge on any atom is 0.335 e. The van der Waals surface area contributed by atoms with E-state index in [4.69, 9.17) is 5.11 Å². The van der Waals surface area contributed by atoms with Gasteiger partial charge in [-0.05, 0) is 35.6 Å². The van der Waals surface area contributed by atoms with Crippen LogP contribution >= 0.6 is 11.3 Å². The summed E-state index contributed by atoms with van der Waals surface area (Å²) in [6, 6.07) is 7.88. The minimum absolute atomic E-state index is 0.000165. The van der Waals surface area contributed by atoms with E-state index in [0.29, 0.717) is 5.69 Å². The number of aromatic carboxylic acids is 1. The number of nitrogens with one attached hydrogen (secondary N) is 1. The van der Waals surface area contributed by atoms with E-state index in [-0.39, 0.29) is 17.5 Å². The van der Waals surface area contributed by atoms with Crippen LogP contribution in [-0.2, 0) is 0 Å². The minimum Gasteiger partial charge on any atom is -0.478 e. The molecule has 1 unspecified atom stereocenters. The summed E-state index contributed by atoms with van der Waals surface area (Å²) in [4.78, 5) is 11.9. The summed E-state index contributed by atoms with van der Waals surface area (Å²) in [5.41, 5.74) is 0.271. The number of rotatable bonds is 5. The summed E-state index contributed by atoms with van der Waals surface area (Å²) < 4.78 is 14.0. The molecule has 2 N–H and O–H groups in total. The highest BCUT2D eigenvalue weighted by Gasteiger charge is 2.18. The van der Waals surface area contributed by atoms with Crippen LogP contribution in [0.5, 0.6) is 0 Å². The third-order valence-electron chi connectivity index (χ3n) is 3.04. The molecule has 0 saturated heterocycles. The number of anilines is 1. The van der Waals surface area contributed by atoms with Crippen LogP contribution in [0.25, 0.3) is 0 Å². The number of hydrogen-bond donors (Lipinski definition) is 2. The second-order valence-electron chi connectivity index (χ2n) is 4.88. The van der Waals surface area contributed by atoms with Gasteiger partial charge in [0.05, 0.1) is 17.3 Å². The standard InChI is InChI=1S/C15H16FNO2S/c1-9(2)14(13-4-3-7-20-13)17-12-6-5-10(15(18)19)8-11(12)16/h3-9,14,17H,1-2H3,(H,18,19). The Morgan fingerprint density at radius 3 is 2.60 bits per heavy atom. The Balaban J connectivity index is 2.25. The average molecular weight is 293 g/mol. The Bertz CT molecular complexity index is 596. The molecule has 0 aliphatic heterocycles. The lowest BCUT2D eigenvalue weighted by Gasteiger charge is -2.22. The van der Waals surface area contributed by atoms with Crippen molar-refractivity contribution in [3.8, 4) is 0 Å². The lowest BCUT2D eigenvalue weighted by molar-refractivity contribution is 0.0696. The van der Waals surface area contributed by atoms with Crippen LogP contribution in [0, 0.1) is 11.7 Å². The third-order valence-corrected chi connectivity index (χ3v) is 4.00. The van der Waals surface area contributed by atoms with E-state index < -0.39 is 11.8 Å². The van der Waals surface area contributed by atoms with Crippen LogP contribution in [0.3, 0.4) is 0 Å². The second-order valence-corrected chi connectivity index (χ2v) is 5.86. The minimum atomic E-state index is -1.13. The number of carbonyl (C=O) groups is 1. The molecule has 0 fully saturated rings. The van der Waals surface area contributed by atoms with Gasteiger partial charge in [0.15, 0.2) is 0 Å². The maximum atomic E-state index is 14.0. The van der Waals surface area contributed by atoms with E-state index in [0.717, 1.165) is 10.9 Å². The van der Waals surface area contributed by atoms with E-state index in [1.807, 2.05) is 17.5 Å². The van der Waals surface area contributed by atoms with E-state index in [2.05, 4.69) is 19.2 Å². The smallest absolute Gasteiger partial charge is 0.335 e. The highest BCUT2D eigenvalue weighted by Crippen LogP contribution is 2.30. The van der Waals surface area contributed by atoms with Crippen molar-refractivity contribution in [2.75, 3.05) is 5.32 Å². The largest absolute Gasteiger partial charge is 0.478 e. The normalized spacial score (nSPS) is 12.4. The van der Waals surface area contributed by atoms with E-state index in [1.54, 1.807) is 11.3 Å². The fourth-order valence-corrected chi connectivity index (χ4v) is 2.92. The molecule has 0 amide bonds. The first-order valence-corrected chi connectivity index (χ1v) is 7.19. The molecule has 1 atom stereocenters. The van der Waals surface area contributed by atoms with Gasteiger partial charge in [0, 0.05) is 4.88 Å². The Kier molecular flexibility index (Phi) is 4.39. The van der Waals surface area contributed by atoms with Gasteiger partial charge in [-0.3, -0.25) is 0 Å². The number of carboxylic acids is 1. The Labute approximate surface area is 121 Å². The zero-order valence-electron chi connectivity index (χ0n) is 11.3. The molecule has 0 aliphatic carbocycles. The molecule has 106 valence electrons. The fraction of sp³-hybridized carbons (Fsp3) is 0.267. The van der Waals surface area contributed by atoms with Gasteiger partial charge in [0.2, 0.25) is 0 Å². The lowest BCUT2D eigenvalue weighted by atomic mass is 10.0. The third kappa shape index (κ3) is 3.17. The SMILES string of the molecule is CC(C)C(Nc1ccc(C(=O)O)cc1F)c1cccs1. The van der Waals surface area contributed by atoms with E-state index in [9.17, 15) is 9.18 Å². The molecule has 1 aromatic carbocycles. The average Bonchev–Trinajstić information content (AvgIpc) is 2.90. The second kappa shape index (κ2) is 6.05. The van der Waals surface area contributed by atoms with Crippen molar-refractivity contribution >= 4 is 23.0 Å². The van der Waals surface area contributed by atoms with Crippen LogP contribution in [0.1, 0.15) is 35.1 Å². The Hall–Kier alpha value is -1.88. The van der Waals surface area contributed by atoms with Gasteiger partial charge >= 0.3 is 5.97 Å². The van der Waals surface area contributed by atoms with Crippen LogP contribution < -0.4 is 5.32 Å². The first-order chi connectivity index (χ1) is 9.49. The molecule has 1 heterocycles. The van der Waals surface area contributed by atoms with Gasteiger partial charge in [-0.2, -0.15) is 0 Å². The summed E-state index contributed by atoms with van der Waals surface area (Å²) >= 11 is 1.61. The van der Waals surface area contributed by atoms with Crippen molar-refractivity contribution in [2.24, 2.45) is 5.92 Å².